The predicted octanol–water partition coefficient (Wildman–Crippen LogP) is 1.96. The van der Waals surface area contributed by atoms with Crippen LogP contribution in [0.15, 0.2) is 23.8 Å². The number of carbonyl (C=O) groups is 1. The summed E-state index contributed by atoms with van der Waals surface area (Å²) in [6, 6.07) is 3.94. The second kappa shape index (κ2) is 5.98. The highest BCUT2D eigenvalue weighted by molar-refractivity contribution is 7.14. The Kier molecular flexibility index (Phi) is 4.34. The van der Waals surface area contributed by atoms with Gasteiger partial charge in [0.15, 0.2) is 0 Å². The first-order valence-corrected chi connectivity index (χ1v) is 6.86. The molecule has 1 aromatic heterocycles. The van der Waals surface area contributed by atoms with Gasteiger partial charge in [0.1, 0.15) is 0 Å². The zero-order valence-electron chi connectivity index (χ0n) is 10.1. The Morgan fingerprint density at radius 3 is 3.06 bits per heavy atom. The van der Waals surface area contributed by atoms with E-state index >= 15 is 0 Å². The van der Waals surface area contributed by atoms with Crippen LogP contribution >= 0.6 is 11.3 Å². The van der Waals surface area contributed by atoms with E-state index in [1.165, 1.54) is 10.5 Å². The predicted molar refractivity (Wildman–Crippen MR) is 71.6 cm³/mol. The highest BCUT2D eigenvalue weighted by Crippen LogP contribution is 2.16. The summed E-state index contributed by atoms with van der Waals surface area (Å²) >= 11 is 1.58. The molecule has 4 heteroatoms. The summed E-state index contributed by atoms with van der Waals surface area (Å²) in [7, 11) is 0. The van der Waals surface area contributed by atoms with Crippen molar-refractivity contribution in [3.8, 4) is 0 Å². The van der Waals surface area contributed by atoms with Gasteiger partial charge in [0.2, 0.25) is 0 Å². The third-order valence-electron chi connectivity index (χ3n) is 2.87. The molecule has 17 heavy (non-hydrogen) atoms. The molecule has 1 aliphatic rings. The molecule has 0 saturated heterocycles. The van der Waals surface area contributed by atoms with E-state index in [4.69, 9.17) is 0 Å². The lowest BCUT2D eigenvalue weighted by Crippen LogP contribution is -2.29. The Balaban J connectivity index is 1.86. The first kappa shape index (κ1) is 12.3. The summed E-state index contributed by atoms with van der Waals surface area (Å²) < 4.78 is 0. The fourth-order valence-corrected chi connectivity index (χ4v) is 2.66. The molecule has 3 nitrogen and oxygen atoms in total. The van der Waals surface area contributed by atoms with Crippen LogP contribution < -0.4 is 10.6 Å². The number of amides is 1. The van der Waals surface area contributed by atoms with Gasteiger partial charge in [-0.15, -0.1) is 11.3 Å². The summed E-state index contributed by atoms with van der Waals surface area (Å²) in [5.41, 5.74) is 1.32. The lowest BCUT2D eigenvalue weighted by atomic mass is 10.1. The molecule has 0 aromatic carbocycles. The molecule has 92 valence electrons. The number of hydrogen-bond acceptors (Lipinski definition) is 3. The van der Waals surface area contributed by atoms with Gasteiger partial charge in [0.05, 0.1) is 4.88 Å². The molecule has 0 saturated carbocycles. The van der Waals surface area contributed by atoms with Gasteiger partial charge in [0, 0.05) is 18.0 Å². The quantitative estimate of drug-likeness (QED) is 0.802. The van der Waals surface area contributed by atoms with Crippen LogP contribution in [0.25, 0.3) is 0 Å². The number of carbonyl (C=O) groups excluding carboxylic acids is 1. The van der Waals surface area contributed by atoms with Crippen molar-refractivity contribution in [3.05, 3.63) is 33.5 Å². The van der Waals surface area contributed by atoms with Gasteiger partial charge in [-0.2, -0.15) is 0 Å². The van der Waals surface area contributed by atoms with Crippen LogP contribution in [0, 0.1) is 0 Å². The Morgan fingerprint density at radius 1 is 1.53 bits per heavy atom. The van der Waals surface area contributed by atoms with Gasteiger partial charge < -0.3 is 10.6 Å². The maximum Gasteiger partial charge on any atom is 0.261 e. The minimum absolute atomic E-state index is 0.0501. The molecule has 1 amide bonds. The largest absolute Gasteiger partial charge is 0.348 e. The van der Waals surface area contributed by atoms with Gasteiger partial charge in [0.25, 0.3) is 5.91 Å². The summed E-state index contributed by atoms with van der Waals surface area (Å²) in [6.07, 6.45) is 4.19. The lowest BCUT2D eigenvalue weighted by molar-refractivity contribution is 0.0960. The zero-order chi connectivity index (χ0) is 12.1. The van der Waals surface area contributed by atoms with Crippen molar-refractivity contribution in [1.29, 1.82) is 0 Å². The van der Waals surface area contributed by atoms with E-state index in [2.05, 4.69) is 23.6 Å². The molecule has 0 unspecified atom stereocenters. The van der Waals surface area contributed by atoms with Crippen LogP contribution in [0.1, 0.15) is 27.9 Å². The highest BCUT2D eigenvalue weighted by Gasteiger charge is 2.09. The summed E-state index contributed by atoms with van der Waals surface area (Å²) in [5, 5.41) is 6.24. The summed E-state index contributed by atoms with van der Waals surface area (Å²) in [5.74, 6) is 0.0501. The van der Waals surface area contributed by atoms with E-state index in [9.17, 15) is 4.79 Å². The van der Waals surface area contributed by atoms with E-state index < -0.39 is 0 Å². The van der Waals surface area contributed by atoms with Gasteiger partial charge in [-0.25, -0.2) is 0 Å². The van der Waals surface area contributed by atoms with Crippen LogP contribution in [0.4, 0.5) is 0 Å². The number of hydrogen-bond donors (Lipinski definition) is 2. The smallest absolute Gasteiger partial charge is 0.261 e. The first-order valence-electron chi connectivity index (χ1n) is 6.05. The van der Waals surface area contributed by atoms with Crippen molar-refractivity contribution >= 4 is 17.2 Å². The summed E-state index contributed by atoms with van der Waals surface area (Å²) in [6.45, 7) is 4.72. The molecule has 2 N–H and O–H groups in total. The molecule has 1 aromatic rings. The topological polar surface area (TPSA) is 41.1 Å². The number of nitrogens with one attached hydrogen (secondary N) is 2. The molecule has 2 rings (SSSR count). The Bertz CT molecular complexity index is 423. The zero-order valence-corrected chi connectivity index (χ0v) is 10.9. The summed E-state index contributed by atoms with van der Waals surface area (Å²) in [4.78, 5) is 13.9. The Morgan fingerprint density at radius 2 is 2.41 bits per heavy atom. The van der Waals surface area contributed by atoms with Gasteiger partial charge in [-0.05, 0) is 31.5 Å². The third kappa shape index (κ3) is 3.41. The minimum Gasteiger partial charge on any atom is -0.348 e. The molecule has 0 spiro atoms. The molecule has 0 bridgehead atoms. The standard InChI is InChI=1S/C13H18N2OS/c1-2-11-3-4-12(17-11)13(16)15-9-10-5-7-14-8-6-10/h3-5,14H,2,6-9H2,1H3,(H,15,16). The average Bonchev–Trinajstić information content (AvgIpc) is 2.86. The van der Waals surface area contributed by atoms with E-state index in [1.54, 1.807) is 11.3 Å². The highest BCUT2D eigenvalue weighted by atomic mass is 32.1. The van der Waals surface area contributed by atoms with Gasteiger partial charge in [-0.3, -0.25) is 4.79 Å². The minimum atomic E-state index is 0.0501. The van der Waals surface area contributed by atoms with Crippen LogP contribution in [-0.4, -0.2) is 25.5 Å². The van der Waals surface area contributed by atoms with Crippen molar-refractivity contribution in [2.75, 3.05) is 19.6 Å². The van der Waals surface area contributed by atoms with E-state index in [0.717, 1.165) is 30.8 Å². The average molecular weight is 250 g/mol. The molecular weight excluding hydrogens is 232 g/mol. The Hall–Kier alpha value is -1.13. The van der Waals surface area contributed by atoms with E-state index in [0.29, 0.717) is 6.54 Å². The SMILES string of the molecule is CCc1ccc(C(=O)NCC2=CCNCC2)s1. The number of thiophene rings is 1. The molecule has 0 radical (unpaired) electrons. The molecule has 1 aliphatic heterocycles. The maximum absolute atomic E-state index is 11.9. The van der Waals surface area contributed by atoms with Crippen LogP contribution in [0.2, 0.25) is 0 Å². The van der Waals surface area contributed by atoms with Crippen molar-refractivity contribution in [2.24, 2.45) is 0 Å². The van der Waals surface area contributed by atoms with E-state index in [-0.39, 0.29) is 5.91 Å². The van der Waals surface area contributed by atoms with Crippen LogP contribution in [0.5, 0.6) is 0 Å². The van der Waals surface area contributed by atoms with Crippen molar-refractivity contribution < 1.29 is 4.79 Å². The normalized spacial score (nSPS) is 15.5. The second-order valence-electron chi connectivity index (χ2n) is 4.12. The molecule has 0 aliphatic carbocycles. The second-order valence-corrected chi connectivity index (χ2v) is 5.29. The van der Waals surface area contributed by atoms with Crippen LogP contribution in [-0.2, 0) is 6.42 Å². The monoisotopic (exact) mass is 250 g/mol. The molecule has 0 fully saturated rings. The fourth-order valence-electron chi connectivity index (χ4n) is 1.80. The fraction of sp³-hybridized carbons (Fsp3) is 0.462. The Labute approximate surface area is 106 Å². The van der Waals surface area contributed by atoms with Crippen LogP contribution in [0.3, 0.4) is 0 Å². The van der Waals surface area contributed by atoms with Crippen molar-refractivity contribution in [2.45, 2.75) is 19.8 Å². The third-order valence-corrected chi connectivity index (χ3v) is 4.10. The first-order chi connectivity index (χ1) is 8.29. The molecule has 2 heterocycles. The lowest BCUT2D eigenvalue weighted by Gasteiger charge is -2.14. The van der Waals surface area contributed by atoms with Gasteiger partial charge >= 0.3 is 0 Å². The molecular formula is C13H18N2OS. The van der Waals surface area contributed by atoms with Gasteiger partial charge in [-0.1, -0.05) is 18.6 Å². The van der Waals surface area contributed by atoms with Crippen molar-refractivity contribution in [3.63, 3.8) is 0 Å². The van der Waals surface area contributed by atoms with Crippen molar-refractivity contribution in [1.82, 2.24) is 10.6 Å². The maximum atomic E-state index is 11.9. The number of aryl methyl sites for hydroxylation is 1. The molecule has 0 atom stereocenters. The van der Waals surface area contributed by atoms with E-state index in [1.807, 2.05) is 12.1 Å². The number of rotatable bonds is 4.